The second-order valence-electron chi connectivity index (χ2n) is 8.93. The van der Waals surface area contributed by atoms with Gasteiger partial charge in [-0.1, -0.05) is 47.6 Å². The lowest BCUT2D eigenvalue weighted by molar-refractivity contribution is -0.119. The van der Waals surface area contributed by atoms with E-state index in [1.165, 1.54) is 27.8 Å². The molecule has 1 aliphatic heterocycles. The molecule has 2 aromatic carbocycles. The van der Waals surface area contributed by atoms with Gasteiger partial charge < -0.3 is 4.90 Å². The van der Waals surface area contributed by atoms with E-state index in [1.807, 2.05) is 6.92 Å². The molecule has 0 atom stereocenters. The van der Waals surface area contributed by atoms with Crippen LogP contribution in [0.4, 0.5) is 22.1 Å². The van der Waals surface area contributed by atoms with Crippen molar-refractivity contribution in [3.05, 3.63) is 78.0 Å². The SMILES string of the molecule is CCN1C(=O)/C(=N\c2cnc(-c3ccc(N(c4ccc(C)cc4)c4ccc(C)cc4)s3)c3nsnc23)SC1=S. The standard InChI is InChI=1S/C28H22N6OS4/c1-4-33-27(35)26(38-28(33)36)30-20-15-29-24(25-23(20)31-39-32-25)21-13-14-22(37-21)34(18-9-5-16(2)6-10-18)19-11-7-17(3)8-12-19/h5-15H,4H2,1-3H3/b30-26+. The van der Waals surface area contributed by atoms with Gasteiger partial charge in [0, 0.05) is 17.9 Å². The van der Waals surface area contributed by atoms with E-state index in [4.69, 9.17) is 17.2 Å². The number of thiophene rings is 1. The Morgan fingerprint density at radius 3 is 2.18 bits per heavy atom. The minimum Gasteiger partial charge on any atom is -0.302 e. The van der Waals surface area contributed by atoms with Gasteiger partial charge in [-0.25, -0.2) is 4.99 Å². The predicted molar refractivity (Wildman–Crippen MR) is 167 cm³/mol. The Morgan fingerprint density at radius 2 is 1.56 bits per heavy atom. The highest BCUT2D eigenvalue weighted by molar-refractivity contribution is 8.35. The number of thioether (sulfide) groups is 1. The zero-order valence-corrected chi connectivity index (χ0v) is 24.5. The highest BCUT2D eigenvalue weighted by atomic mass is 32.2. The number of hydrogen-bond acceptors (Lipinski definition) is 10. The molecule has 1 amide bonds. The minimum absolute atomic E-state index is 0.192. The number of rotatable bonds is 6. The van der Waals surface area contributed by atoms with Gasteiger partial charge in [0.15, 0.2) is 5.04 Å². The zero-order chi connectivity index (χ0) is 27.1. The first-order chi connectivity index (χ1) is 18.9. The predicted octanol–water partition coefficient (Wildman–Crippen LogP) is 7.81. The molecule has 11 heteroatoms. The third-order valence-corrected chi connectivity index (χ3v) is 9.20. The van der Waals surface area contributed by atoms with Crippen LogP contribution in [-0.2, 0) is 4.79 Å². The monoisotopic (exact) mass is 586 g/mol. The highest BCUT2D eigenvalue weighted by Gasteiger charge is 2.33. The van der Waals surface area contributed by atoms with Crippen molar-refractivity contribution in [2.45, 2.75) is 20.8 Å². The van der Waals surface area contributed by atoms with Crippen LogP contribution in [0.3, 0.4) is 0 Å². The Kier molecular flexibility index (Phi) is 6.98. The molecule has 194 valence electrons. The maximum absolute atomic E-state index is 12.7. The summed E-state index contributed by atoms with van der Waals surface area (Å²) in [5.74, 6) is -0.192. The molecule has 6 rings (SSSR count). The smallest absolute Gasteiger partial charge is 0.284 e. The number of nitrogens with zero attached hydrogens (tertiary/aromatic N) is 6. The molecule has 1 saturated heterocycles. The number of aryl methyl sites for hydroxylation is 2. The van der Waals surface area contributed by atoms with E-state index in [-0.39, 0.29) is 5.91 Å². The molecule has 4 heterocycles. The van der Waals surface area contributed by atoms with Crippen LogP contribution < -0.4 is 4.90 Å². The third kappa shape index (κ3) is 4.87. The quantitative estimate of drug-likeness (QED) is 0.188. The summed E-state index contributed by atoms with van der Waals surface area (Å²) in [5, 5.41) is 1.39. The summed E-state index contributed by atoms with van der Waals surface area (Å²) in [6.07, 6.45) is 1.66. The lowest BCUT2D eigenvalue weighted by Crippen LogP contribution is -2.29. The van der Waals surface area contributed by atoms with E-state index >= 15 is 0 Å². The number of anilines is 3. The van der Waals surface area contributed by atoms with E-state index in [1.54, 1.807) is 17.5 Å². The first kappa shape index (κ1) is 25.8. The number of aliphatic imine (C=N–C) groups is 1. The van der Waals surface area contributed by atoms with Gasteiger partial charge in [-0.15, -0.1) is 11.3 Å². The Balaban J connectivity index is 1.39. The molecule has 0 spiro atoms. The number of fused-ring (bicyclic) bond motifs is 1. The minimum atomic E-state index is -0.192. The number of thiocarbonyl (C=S) groups is 1. The molecule has 5 aromatic rings. The fraction of sp³-hybridized carbons (Fsp3) is 0.143. The van der Waals surface area contributed by atoms with Crippen molar-refractivity contribution in [2.75, 3.05) is 11.4 Å². The van der Waals surface area contributed by atoms with Gasteiger partial charge in [0.05, 0.1) is 22.8 Å². The van der Waals surface area contributed by atoms with Crippen LogP contribution >= 0.6 is 47.0 Å². The Labute approximate surface area is 243 Å². The van der Waals surface area contributed by atoms with Crippen molar-refractivity contribution in [3.8, 4) is 10.6 Å². The summed E-state index contributed by atoms with van der Waals surface area (Å²) in [5.41, 5.74) is 7.11. The molecule has 3 aromatic heterocycles. The maximum Gasteiger partial charge on any atom is 0.284 e. The van der Waals surface area contributed by atoms with Crippen molar-refractivity contribution in [1.82, 2.24) is 18.6 Å². The van der Waals surface area contributed by atoms with Crippen LogP contribution in [-0.4, -0.2) is 40.4 Å². The van der Waals surface area contributed by atoms with Crippen LogP contribution in [0.2, 0.25) is 0 Å². The van der Waals surface area contributed by atoms with Crippen molar-refractivity contribution >= 4 is 95.4 Å². The number of aromatic nitrogens is 3. The lowest BCUT2D eigenvalue weighted by Gasteiger charge is -2.24. The first-order valence-corrected chi connectivity index (χ1v) is 15.0. The molecule has 1 fully saturated rings. The number of carbonyl (C=O) groups excluding carboxylic acids is 1. The van der Waals surface area contributed by atoms with Crippen LogP contribution in [0.15, 0.2) is 71.9 Å². The van der Waals surface area contributed by atoms with E-state index in [0.717, 1.165) is 38.7 Å². The van der Waals surface area contributed by atoms with Crippen LogP contribution in [0.25, 0.3) is 21.6 Å². The van der Waals surface area contributed by atoms with Crippen molar-refractivity contribution in [2.24, 2.45) is 4.99 Å². The fourth-order valence-electron chi connectivity index (χ4n) is 4.22. The summed E-state index contributed by atoms with van der Waals surface area (Å²) >= 11 is 9.26. The summed E-state index contributed by atoms with van der Waals surface area (Å²) in [6.45, 7) is 6.58. The van der Waals surface area contributed by atoms with E-state index in [9.17, 15) is 4.79 Å². The van der Waals surface area contributed by atoms with E-state index in [0.29, 0.717) is 32.6 Å². The summed E-state index contributed by atoms with van der Waals surface area (Å²) in [7, 11) is 0. The Hall–Kier alpha value is -3.51. The number of pyridine rings is 1. The zero-order valence-electron chi connectivity index (χ0n) is 21.3. The number of benzene rings is 2. The molecule has 0 bridgehead atoms. The largest absolute Gasteiger partial charge is 0.302 e. The molecular weight excluding hydrogens is 565 g/mol. The topological polar surface area (TPSA) is 74.6 Å². The molecule has 0 unspecified atom stereocenters. The molecule has 0 aliphatic carbocycles. The fourth-order valence-corrected chi connectivity index (χ4v) is 7.10. The number of hydrogen-bond donors (Lipinski definition) is 0. The van der Waals surface area contributed by atoms with Gasteiger partial charge in [0.25, 0.3) is 5.91 Å². The van der Waals surface area contributed by atoms with Crippen LogP contribution in [0.5, 0.6) is 0 Å². The van der Waals surface area contributed by atoms with Crippen LogP contribution in [0, 0.1) is 13.8 Å². The second-order valence-corrected chi connectivity index (χ2v) is 12.1. The first-order valence-electron chi connectivity index (χ1n) is 12.2. The average molecular weight is 587 g/mol. The van der Waals surface area contributed by atoms with Gasteiger partial charge in [0.1, 0.15) is 31.7 Å². The van der Waals surface area contributed by atoms with Crippen molar-refractivity contribution < 1.29 is 4.79 Å². The summed E-state index contributed by atoms with van der Waals surface area (Å²) in [6, 6.07) is 21.2. The second kappa shape index (κ2) is 10.6. The number of amides is 1. The normalized spacial score (nSPS) is 14.6. The summed E-state index contributed by atoms with van der Waals surface area (Å²) < 4.78 is 9.55. The molecule has 0 radical (unpaired) electrons. The van der Waals surface area contributed by atoms with Gasteiger partial charge in [-0.05, 0) is 68.9 Å². The van der Waals surface area contributed by atoms with Gasteiger partial charge in [-0.2, -0.15) is 8.75 Å². The van der Waals surface area contributed by atoms with Crippen molar-refractivity contribution in [1.29, 1.82) is 0 Å². The average Bonchev–Trinajstić information content (AvgIpc) is 3.67. The van der Waals surface area contributed by atoms with Crippen molar-refractivity contribution in [3.63, 3.8) is 0 Å². The molecule has 0 N–H and O–H groups in total. The molecular formula is C28H22N6OS4. The highest BCUT2D eigenvalue weighted by Crippen LogP contribution is 2.43. The van der Waals surface area contributed by atoms with Gasteiger partial charge in [0.2, 0.25) is 0 Å². The van der Waals surface area contributed by atoms with Gasteiger partial charge in [-0.3, -0.25) is 14.7 Å². The van der Waals surface area contributed by atoms with E-state index < -0.39 is 0 Å². The molecule has 39 heavy (non-hydrogen) atoms. The molecule has 1 aliphatic rings. The molecule has 7 nitrogen and oxygen atoms in total. The summed E-state index contributed by atoms with van der Waals surface area (Å²) in [4.78, 5) is 26.8. The maximum atomic E-state index is 12.7. The van der Waals surface area contributed by atoms with E-state index in [2.05, 4.69) is 93.2 Å². The lowest BCUT2D eigenvalue weighted by atomic mass is 10.1. The Morgan fingerprint density at radius 1 is 0.923 bits per heavy atom. The molecule has 0 saturated carbocycles. The van der Waals surface area contributed by atoms with Gasteiger partial charge >= 0.3 is 0 Å². The third-order valence-electron chi connectivity index (χ3n) is 6.27. The van der Waals surface area contributed by atoms with Crippen LogP contribution in [0.1, 0.15) is 18.1 Å². The number of carbonyl (C=O) groups is 1. The Bertz CT molecular complexity index is 1690.